The average molecular weight is 232 g/mol. The molecule has 84 valence electrons. The summed E-state index contributed by atoms with van der Waals surface area (Å²) >= 11 is 1.95. The molecule has 0 spiro atoms. The quantitative estimate of drug-likeness (QED) is 0.682. The predicted octanol–water partition coefficient (Wildman–Crippen LogP) is 3.15. The highest BCUT2D eigenvalue weighted by atomic mass is 32.1. The molecule has 4 rings (SSSR count). The molecule has 0 bridgehead atoms. The van der Waals surface area contributed by atoms with E-state index >= 15 is 0 Å². The first-order valence-corrected chi connectivity index (χ1v) is 7.26. The Morgan fingerprint density at radius 3 is 2.56 bits per heavy atom. The van der Waals surface area contributed by atoms with Gasteiger partial charge in [-0.1, -0.05) is 0 Å². The molecule has 0 amide bonds. The fraction of sp³-hybridized carbons (Fsp3) is 0.615. The van der Waals surface area contributed by atoms with E-state index in [0.717, 1.165) is 0 Å². The van der Waals surface area contributed by atoms with Crippen molar-refractivity contribution in [3.63, 3.8) is 0 Å². The van der Waals surface area contributed by atoms with E-state index in [-0.39, 0.29) is 0 Å². The summed E-state index contributed by atoms with van der Waals surface area (Å²) in [5, 5.41) is 0. The van der Waals surface area contributed by atoms with Crippen LogP contribution in [0.25, 0.3) is 4.96 Å². The summed E-state index contributed by atoms with van der Waals surface area (Å²) < 4.78 is 2.51. The zero-order valence-electron chi connectivity index (χ0n) is 9.46. The van der Waals surface area contributed by atoms with Gasteiger partial charge in [0.1, 0.15) is 0 Å². The van der Waals surface area contributed by atoms with E-state index in [4.69, 9.17) is 4.98 Å². The van der Waals surface area contributed by atoms with Crippen molar-refractivity contribution in [2.75, 3.05) is 0 Å². The van der Waals surface area contributed by atoms with Crippen LogP contribution in [0.4, 0.5) is 0 Å². The van der Waals surface area contributed by atoms with Gasteiger partial charge in [-0.15, -0.1) is 11.3 Å². The minimum atomic E-state index is 1.21. The van der Waals surface area contributed by atoms with Gasteiger partial charge in [-0.25, -0.2) is 4.98 Å². The van der Waals surface area contributed by atoms with E-state index in [0.29, 0.717) is 0 Å². The third kappa shape index (κ3) is 1.15. The van der Waals surface area contributed by atoms with Gasteiger partial charge in [0.05, 0.1) is 5.69 Å². The van der Waals surface area contributed by atoms with Crippen LogP contribution in [-0.2, 0) is 25.7 Å². The standard InChI is InChI=1S/C13H16N2S/c1-2-6-10-9(5-1)14-13-15(10)11-7-3-4-8-12(11)16-13/h1-8H2. The maximum Gasteiger partial charge on any atom is 0.194 e. The molecular formula is C13H16N2S. The topological polar surface area (TPSA) is 17.3 Å². The number of aromatic nitrogens is 2. The number of fused-ring (bicyclic) bond motifs is 5. The summed E-state index contributed by atoms with van der Waals surface area (Å²) in [5.74, 6) is 0. The minimum Gasteiger partial charge on any atom is -0.291 e. The maximum absolute atomic E-state index is 4.84. The van der Waals surface area contributed by atoms with E-state index in [2.05, 4.69) is 4.40 Å². The number of hydrogen-bond acceptors (Lipinski definition) is 2. The Hall–Kier alpha value is -0.830. The number of nitrogens with zero attached hydrogens (tertiary/aromatic N) is 2. The summed E-state index contributed by atoms with van der Waals surface area (Å²) in [4.78, 5) is 7.73. The molecule has 2 aromatic rings. The van der Waals surface area contributed by atoms with Gasteiger partial charge in [-0.05, 0) is 51.4 Å². The number of hydrogen-bond donors (Lipinski definition) is 0. The summed E-state index contributed by atoms with van der Waals surface area (Å²) in [5.41, 5.74) is 4.54. The predicted molar refractivity (Wildman–Crippen MR) is 66.4 cm³/mol. The Morgan fingerprint density at radius 1 is 0.875 bits per heavy atom. The summed E-state index contributed by atoms with van der Waals surface area (Å²) in [6, 6.07) is 0. The van der Waals surface area contributed by atoms with Crippen molar-refractivity contribution in [2.45, 2.75) is 51.4 Å². The molecule has 16 heavy (non-hydrogen) atoms. The van der Waals surface area contributed by atoms with Crippen LogP contribution in [0.1, 0.15) is 47.6 Å². The van der Waals surface area contributed by atoms with Crippen LogP contribution < -0.4 is 0 Å². The van der Waals surface area contributed by atoms with Gasteiger partial charge in [0, 0.05) is 16.3 Å². The van der Waals surface area contributed by atoms with Gasteiger partial charge in [0.25, 0.3) is 0 Å². The van der Waals surface area contributed by atoms with Crippen molar-refractivity contribution in [3.05, 3.63) is 22.0 Å². The minimum absolute atomic E-state index is 1.21. The molecule has 2 heterocycles. The summed E-state index contributed by atoms with van der Waals surface area (Å²) in [7, 11) is 0. The molecule has 0 unspecified atom stereocenters. The Kier molecular flexibility index (Phi) is 1.92. The van der Waals surface area contributed by atoms with Gasteiger partial charge in [-0.3, -0.25) is 4.40 Å². The molecule has 0 radical (unpaired) electrons. The van der Waals surface area contributed by atoms with Crippen molar-refractivity contribution in [1.29, 1.82) is 0 Å². The van der Waals surface area contributed by atoms with Gasteiger partial charge < -0.3 is 0 Å². The third-order valence-electron chi connectivity index (χ3n) is 3.98. The SMILES string of the molecule is C1CCc2c(nc3sc4c(n23)CCCC4)C1. The van der Waals surface area contributed by atoms with Crippen LogP contribution in [0, 0.1) is 0 Å². The van der Waals surface area contributed by atoms with E-state index in [1.165, 1.54) is 62.0 Å². The third-order valence-corrected chi connectivity index (χ3v) is 5.12. The molecule has 2 aromatic heterocycles. The van der Waals surface area contributed by atoms with Crippen LogP contribution in [0.2, 0.25) is 0 Å². The number of aryl methyl sites for hydroxylation is 4. The normalized spacial score (nSPS) is 19.8. The molecule has 2 aliphatic rings. The van der Waals surface area contributed by atoms with Crippen LogP contribution in [0.3, 0.4) is 0 Å². The first kappa shape index (κ1) is 9.23. The number of thiazole rings is 1. The first-order valence-electron chi connectivity index (χ1n) is 6.44. The van der Waals surface area contributed by atoms with Crippen LogP contribution >= 0.6 is 11.3 Å². The van der Waals surface area contributed by atoms with Crippen molar-refractivity contribution >= 4 is 16.3 Å². The fourth-order valence-electron chi connectivity index (χ4n) is 3.18. The Bertz CT molecular complexity index is 504. The van der Waals surface area contributed by atoms with Gasteiger partial charge in [0.2, 0.25) is 0 Å². The number of rotatable bonds is 0. The molecule has 0 fully saturated rings. The van der Waals surface area contributed by atoms with Crippen molar-refractivity contribution in [1.82, 2.24) is 9.38 Å². The van der Waals surface area contributed by atoms with E-state index in [1.807, 2.05) is 11.3 Å². The molecule has 3 heteroatoms. The molecular weight excluding hydrogens is 216 g/mol. The van der Waals surface area contributed by atoms with Gasteiger partial charge >= 0.3 is 0 Å². The lowest BCUT2D eigenvalue weighted by Crippen LogP contribution is -2.08. The molecule has 0 aliphatic heterocycles. The molecule has 0 atom stereocenters. The van der Waals surface area contributed by atoms with Crippen LogP contribution in [0.5, 0.6) is 0 Å². The number of imidazole rings is 1. The second-order valence-corrected chi connectivity index (χ2v) is 6.07. The van der Waals surface area contributed by atoms with Gasteiger partial charge in [0.15, 0.2) is 4.96 Å². The molecule has 0 N–H and O–H groups in total. The Morgan fingerprint density at radius 2 is 1.62 bits per heavy atom. The zero-order valence-corrected chi connectivity index (χ0v) is 10.3. The molecule has 0 saturated heterocycles. The Balaban J connectivity index is 2.01. The lowest BCUT2D eigenvalue weighted by molar-refractivity contribution is 0.637. The Labute approximate surface area is 99.3 Å². The second-order valence-electron chi connectivity index (χ2n) is 5.01. The van der Waals surface area contributed by atoms with E-state index in [9.17, 15) is 0 Å². The molecule has 2 aliphatic carbocycles. The van der Waals surface area contributed by atoms with Crippen molar-refractivity contribution in [2.24, 2.45) is 0 Å². The monoisotopic (exact) mass is 232 g/mol. The molecule has 0 saturated carbocycles. The lowest BCUT2D eigenvalue weighted by Gasteiger charge is -2.14. The summed E-state index contributed by atoms with van der Waals surface area (Å²) in [6.07, 6.45) is 10.4. The lowest BCUT2D eigenvalue weighted by atomic mass is 10.00. The highest BCUT2D eigenvalue weighted by molar-refractivity contribution is 7.17. The average Bonchev–Trinajstić information content (AvgIpc) is 2.83. The fourth-order valence-corrected chi connectivity index (χ4v) is 4.43. The van der Waals surface area contributed by atoms with Crippen LogP contribution in [-0.4, -0.2) is 9.38 Å². The molecule has 0 aromatic carbocycles. The van der Waals surface area contributed by atoms with E-state index < -0.39 is 0 Å². The highest BCUT2D eigenvalue weighted by Gasteiger charge is 2.23. The van der Waals surface area contributed by atoms with Crippen molar-refractivity contribution in [3.8, 4) is 0 Å². The largest absolute Gasteiger partial charge is 0.291 e. The van der Waals surface area contributed by atoms with Gasteiger partial charge in [-0.2, -0.15) is 0 Å². The van der Waals surface area contributed by atoms with E-state index in [1.54, 1.807) is 16.3 Å². The van der Waals surface area contributed by atoms with Crippen LogP contribution in [0.15, 0.2) is 0 Å². The summed E-state index contributed by atoms with van der Waals surface area (Å²) in [6.45, 7) is 0. The maximum atomic E-state index is 4.84. The smallest absolute Gasteiger partial charge is 0.194 e. The molecule has 2 nitrogen and oxygen atoms in total. The zero-order chi connectivity index (χ0) is 10.5. The van der Waals surface area contributed by atoms with Crippen molar-refractivity contribution < 1.29 is 0 Å². The second kappa shape index (κ2) is 3.33. The first-order chi connectivity index (χ1) is 7.93. The highest BCUT2D eigenvalue weighted by Crippen LogP contribution is 2.34.